The SMILES string of the molecule is CCc1ccc2c(c1)c1cc(CC)cc3c1n2-c1ccccc1C31C2CC3CC(C2)CC1C3. The van der Waals surface area contributed by atoms with Gasteiger partial charge in [-0.15, -0.1) is 0 Å². The maximum atomic E-state index is 2.65. The quantitative estimate of drug-likeness (QED) is 0.303. The lowest BCUT2D eigenvalue weighted by Gasteiger charge is -2.63. The molecule has 0 saturated heterocycles. The minimum Gasteiger partial charge on any atom is -0.309 e. The van der Waals surface area contributed by atoms with Crippen molar-refractivity contribution in [3.8, 4) is 5.69 Å². The van der Waals surface area contributed by atoms with Crippen molar-refractivity contribution < 1.29 is 0 Å². The van der Waals surface area contributed by atoms with Crippen LogP contribution in [0.25, 0.3) is 27.5 Å². The van der Waals surface area contributed by atoms with Crippen molar-refractivity contribution in [1.29, 1.82) is 0 Å². The summed E-state index contributed by atoms with van der Waals surface area (Å²) in [6.45, 7) is 4.62. The first-order valence-electron chi connectivity index (χ1n) is 13.4. The Bertz CT molecular complexity index is 1420. The molecule has 3 aromatic carbocycles. The molecule has 4 aromatic rings. The van der Waals surface area contributed by atoms with Crippen LogP contribution in [-0.4, -0.2) is 4.57 Å². The highest BCUT2D eigenvalue weighted by atomic mass is 15.0. The van der Waals surface area contributed by atoms with Crippen molar-refractivity contribution in [1.82, 2.24) is 4.57 Å². The largest absolute Gasteiger partial charge is 0.309 e. The Balaban J connectivity index is 1.57. The molecule has 4 fully saturated rings. The molecule has 1 aromatic heterocycles. The molecule has 0 atom stereocenters. The highest BCUT2D eigenvalue weighted by Gasteiger charge is 2.60. The van der Waals surface area contributed by atoms with Gasteiger partial charge in [0.2, 0.25) is 0 Å². The van der Waals surface area contributed by atoms with E-state index in [0.29, 0.717) is 0 Å². The molecule has 0 unspecified atom stereocenters. The van der Waals surface area contributed by atoms with E-state index in [1.165, 1.54) is 70.7 Å². The summed E-state index contributed by atoms with van der Waals surface area (Å²) in [6.07, 6.45) is 9.49. The van der Waals surface area contributed by atoms with Gasteiger partial charge in [-0.3, -0.25) is 0 Å². The van der Waals surface area contributed by atoms with E-state index in [9.17, 15) is 0 Å². The predicted molar refractivity (Wildman–Crippen MR) is 137 cm³/mol. The van der Waals surface area contributed by atoms with Crippen molar-refractivity contribution in [2.24, 2.45) is 23.7 Å². The predicted octanol–water partition coefficient (Wildman–Crippen LogP) is 7.96. The van der Waals surface area contributed by atoms with Gasteiger partial charge in [-0.2, -0.15) is 0 Å². The highest BCUT2D eigenvalue weighted by molar-refractivity contribution is 6.12. The Labute approximate surface area is 196 Å². The first kappa shape index (κ1) is 18.8. The Morgan fingerprint density at radius 2 is 1.42 bits per heavy atom. The summed E-state index contributed by atoms with van der Waals surface area (Å²) in [5.74, 6) is 3.58. The zero-order valence-electron chi connectivity index (χ0n) is 19.9. The fraction of sp³-hybridized carbons (Fsp3) is 0.438. The fourth-order valence-corrected chi connectivity index (χ4v) is 9.22. The zero-order chi connectivity index (χ0) is 21.9. The van der Waals surface area contributed by atoms with Crippen molar-refractivity contribution in [2.45, 2.75) is 64.2 Å². The third-order valence-electron chi connectivity index (χ3n) is 10.3. The van der Waals surface area contributed by atoms with Crippen LogP contribution >= 0.6 is 0 Å². The lowest BCUT2D eigenvalue weighted by molar-refractivity contribution is -0.0418. The van der Waals surface area contributed by atoms with E-state index in [-0.39, 0.29) is 5.41 Å². The number of hydrogen-bond acceptors (Lipinski definition) is 0. The molecular weight excluding hydrogens is 398 g/mol. The normalized spacial score (nSPS) is 31.1. The first-order valence-corrected chi connectivity index (χ1v) is 13.4. The maximum Gasteiger partial charge on any atom is 0.0582 e. The average Bonchev–Trinajstić information content (AvgIpc) is 3.17. The summed E-state index contributed by atoms with van der Waals surface area (Å²) in [5.41, 5.74) is 10.9. The molecule has 0 amide bonds. The van der Waals surface area contributed by atoms with Crippen LogP contribution in [0.1, 0.15) is 68.2 Å². The first-order chi connectivity index (χ1) is 16.2. The van der Waals surface area contributed by atoms with Crippen molar-refractivity contribution >= 4 is 21.8 Å². The monoisotopic (exact) mass is 431 g/mol. The second-order valence-electron chi connectivity index (χ2n) is 11.6. The molecule has 4 bridgehead atoms. The van der Waals surface area contributed by atoms with Crippen molar-refractivity contribution in [3.05, 3.63) is 76.9 Å². The molecule has 1 heteroatoms. The van der Waals surface area contributed by atoms with Crippen LogP contribution in [0, 0.1) is 23.7 Å². The Kier molecular flexibility index (Phi) is 3.61. The number of benzene rings is 3. The van der Waals surface area contributed by atoms with Gasteiger partial charge >= 0.3 is 0 Å². The maximum absolute atomic E-state index is 2.65. The van der Waals surface area contributed by atoms with E-state index in [0.717, 1.165) is 36.5 Å². The van der Waals surface area contributed by atoms with Crippen LogP contribution in [-0.2, 0) is 18.3 Å². The molecule has 2 heterocycles. The number of nitrogens with zero attached hydrogens (tertiary/aromatic N) is 1. The van der Waals surface area contributed by atoms with Crippen LogP contribution in [0.3, 0.4) is 0 Å². The molecule has 1 aliphatic heterocycles. The fourth-order valence-electron chi connectivity index (χ4n) is 9.22. The number of para-hydroxylation sites is 1. The standard InChI is InChI=1S/C32H33N/c1-3-19-9-10-29-25(16-19)26-17-20(4-2)18-28-31(26)33(29)30-8-6-5-7-27(30)32(28)23-12-21-11-22(14-23)15-24(32)13-21/h5-10,16-18,21-24H,3-4,11-15H2,1-2H3. The average molecular weight is 432 g/mol. The van der Waals surface area contributed by atoms with Crippen LogP contribution in [0.5, 0.6) is 0 Å². The van der Waals surface area contributed by atoms with Gasteiger partial charge in [0, 0.05) is 16.2 Å². The second kappa shape index (κ2) is 6.32. The van der Waals surface area contributed by atoms with E-state index in [1.54, 1.807) is 11.1 Å². The summed E-state index contributed by atoms with van der Waals surface area (Å²) in [6, 6.07) is 21.9. The smallest absolute Gasteiger partial charge is 0.0582 e. The van der Waals surface area contributed by atoms with Crippen LogP contribution < -0.4 is 0 Å². The van der Waals surface area contributed by atoms with Crippen LogP contribution in [0.4, 0.5) is 0 Å². The minimum atomic E-state index is 0.214. The topological polar surface area (TPSA) is 4.93 Å². The molecule has 0 N–H and O–H groups in total. The highest BCUT2D eigenvalue weighted by Crippen LogP contribution is 2.68. The Morgan fingerprint density at radius 3 is 2.15 bits per heavy atom. The van der Waals surface area contributed by atoms with Crippen LogP contribution in [0.2, 0.25) is 0 Å². The molecule has 33 heavy (non-hydrogen) atoms. The third-order valence-corrected chi connectivity index (χ3v) is 10.3. The van der Waals surface area contributed by atoms with E-state index >= 15 is 0 Å². The summed E-state index contributed by atoms with van der Waals surface area (Å²) in [5, 5.41) is 2.95. The molecule has 1 nitrogen and oxygen atoms in total. The van der Waals surface area contributed by atoms with Gasteiger partial charge in [-0.1, -0.05) is 44.2 Å². The van der Waals surface area contributed by atoms with Gasteiger partial charge in [0.05, 0.1) is 16.7 Å². The molecule has 9 rings (SSSR count). The lowest BCUT2D eigenvalue weighted by Crippen LogP contribution is -2.57. The summed E-state index contributed by atoms with van der Waals surface area (Å²) in [7, 11) is 0. The minimum absolute atomic E-state index is 0.214. The Hall–Kier alpha value is -2.54. The van der Waals surface area contributed by atoms with Crippen LogP contribution in [0.15, 0.2) is 54.6 Å². The van der Waals surface area contributed by atoms with Crippen molar-refractivity contribution in [3.63, 3.8) is 0 Å². The Morgan fingerprint density at radius 1 is 0.727 bits per heavy atom. The van der Waals surface area contributed by atoms with E-state index in [2.05, 4.69) is 73.0 Å². The molecule has 4 saturated carbocycles. The van der Waals surface area contributed by atoms with Gasteiger partial charge in [0.15, 0.2) is 0 Å². The van der Waals surface area contributed by atoms with E-state index in [1.807, 2.05) is 0 Å². The summed E-state index contributed by atoms with van der Waals surface area (Å²) >= 11 is 0. The molecule has 4 aliphatic carbocycles. The molecular formula is C32H33N. The number of hydrogen-bond donors (Lipinski definition) is 0. The van der Waals surface area contributed by atoms with E-state index < -0.39 is 0 Å². The van der Waals surface area contributed by atoms with Crippen molar-refractivity contribution in [2.75, 3.05) is 0 Å². The number of aromatic nitrogens is 1. The van der Waals surface area contributed by atoms with Gasteiger partial charge in [-0.05, 0) is 115 Å². The summed E-state index contributed by atoms with van der Waals surface area (Å²) < 4.78 is 2.64. The van der Waals surface area contributed by atoms with E-state index in [4.69, 9.17) is 0 Å². The lowest BCUT2D eigenvalue weighted by atomic mass is 9.41. The molecule has 166 valence electrons. The number of rotatable bonds is 2. The second-order valence-corrected chi connectivity index (χ2v) is 11.6. The third kappa shape index (κ3) is 2.16. The molecule has 5 aliphatic rings. The van der Waals surface area contributed by atoms with Gasteiger partial charge < -0.3 is 4.57 Å². The van der Waals surface area contributed by atoms with Gasteiger partial charge in [0.1, 0.15) is 0 Å². The molecule has 1 spiro atoms. The summed E-state index contributed by atoms with van der Waals surface area (Å²) in [4.78, 5) is 0. The zero-order valence-corrected chi connectivity index (χ0v) is 19.9. The molecule has 0 radical (unpaired) electrons. The van der Waals surface area contributed by atoms with Gasteiger partial charge in [-0.25, -0.2) is 0 Å². The number of fused-ring (bicyclic) bond motifs is 5. The number of aryl methyl sites for hydroxylation is 2. The van der Waals surface area contributed by atoms with Gasteiger partial charge in [0.25, 0.3) is 0 Å².